The third-order valence-corrected chi connectivity index (χ3v) is 3.71. The Bertz CT molecular complexity index is 191. The van der Waals surface area contributed by atoms with E-state index < -0.39 is 0 Å². The predicted molar refractivity (Wildman–Crippen MR) is 66.3 cm³/mol. The molecule has 1 aliphatic rings. The van der Waals surface area contributed by atoms with Gasteiger partial charge in [0.1, 0.15) is 0 Å². The summed E-state index contributed by atoms with van der Waals surface area (Å²) in [5, 5.41) is 3.28. The van der Waals surface area contributed by atoms with E-state index in [4.69, 9.17) is 0 Å². The smallest absolute Gasteiger partial charge is 0.0277 e. The van der Waals surface area contributed by atoms with Gasteiger partial charge in [0.2, 0.25) is 0 Å². The zero-order chi connectivity index (χ0) is 11.5. The Balaban J connectivity index is 2.54. The Labute approximate surface area is 94.8 Å². The molecule has 1 aliphatic heterocycles. The van der Waals surface area contributed by atoms with E-state index in [0.717, 1.165) is 6.54 Å². The first-order valence-electron chi connectivity index (χ1n) is 6.03. The van der Waals surface area contributed by atoms with Gasteiger partial charge in [0.25, 0.3) is 0 Å². The predicted octanol–water partition coefficient (Wildman–Crippen LogP) is 1.01. The second-order valence-corrected chi connectivity index (χ2v) is 5.51. The number of likely N-dealkylation sites (N-methyl/N-ethyl adjacent to an activating group) is 3. The minimum atomic E-state index is 0.248. The van der Waals surface area contributed by atoms with Crippen LogP contribution in [0.2, 0.25) is 0 Å². The largest absolute Gasteiger partial charge is 0.318 e. The number of rotatable bonds is 4. The quantitative estimate of drug-likeness (QED) is 0.752. The van der Waals surface area contributed by atoms with E-state index in [-0.39, 0.29) is 5.54 Å². The van der Waals surface area contributed by atoms with Crippen LogP contribution in [0.15, 0.2) is 0 Å². The van der Waals surface area contributed by atoms with Crippen LogP contribution < -0.4 is 5.32 Å². The summed E-state index contributed by atoms with van der Waals surface area (Å²) in [6.45, 7) is 8.15. The second kappa shape index (κ2) is 5.28. The van der Waals surface area contributed by atoms with E-state index in [2.05, 4.69) is 43.1 Å². The zero-order valence-electron chi connectivity index (χ0n) is 11.0. The maximum atomic E-state index is 3.28. The molecule has 1 fully saturated rings. The molecule has 0 bridgehead atoms. The Morgan fingerprint density at radius 2 is 2.13 bits per heavy atom. The Morgan fingerprint density at radius 3 is 2.67 bits per heavy atom. The molecular weight excluding hydrogens is 186 g/mol. The van der Waals surface area contributed by atoms with Crippen LogP contribution in [0.4, 0.5) is 0 Å². The fourth-order valence-corrected chi connectivity index (χ4v) is 2.51. The standard InChI is InChI=1S/C12H27N3/c1-12(2,10-13-3)15(5)11-7-6-8-14(4)9-11/h11,13H,6-10H2,1-5H3. The van der Waals surface area contributed by atoms with Crippen LogP contribution in [0.1, 0.15) is 26.7 Å². The Kier molecular flexibility index (Phi) is 4.56. The summed E-state index contributed by atoms with van der Waals surface area (Å²) < 4.78 is 0. The summed E-state index contributed by atoms with van der Waals surface area (Å²) in [6.07, 6.45) is 2.68. The molecule has 1 atom stereocenters. The fourth-order valence-electron chi connectivity index (χ4n) is 2.51. The van der Waals surface area contributed by atoms with E-state index in [0.29, 0.717) is 6.04 Å². The van der Waals surface area contributed by atoms with Crippen molar-refractivity contribution < 1.29 is 0 Å². The van der Waals surface area contributed by atoms with Crippen molar-refractivity contribution in [2.45, 2.75) is 38.3 Å². The van der Waals surface area contributed by atoms with Gasteiger partial charge in [-0.3, -0.25) is 4.90 Å². The highest BCUT2D eigenvalue weighted by molar-refractivity contribution is 4.88. The van der Waals surface area contributed by atoms with Crippen LogP contribution in [0, 0.1) is 0 Å². The van der Waals surface area contributed by atoms with Crippen molar-refractivity contribution in [1.82, 2.24) is 15.1 Å². The normalized spacial score (nSPS) is 24.8. The number of nitrogens with one attached hydrogen (secondary N) is 1. The molecule has 3 heteroatoms. The molecule has 1 saturated heterocycles. The maximum Gasteiger partial charge on any atom is 0.0277 e. The van der Waals surface area contributed by atoms with Gasteiger partial charge in [-0.25, -0.2) is 0 Å². The van der Waals surface area contributed by atoms with Gasteiger partial charge in [-0.15, -0.1) is 0 Å². The van der Waals surface area contributed by atoms with E-state index >= 15 is 0 Å². The number of piperidine rings is 1. The third-order valence-electron chi connectivity index (χ3n) is 3.71. The van der Waals surface area contributed by atoms with Crippen molar-refractivity contribution in [2.24, 2.45) is 0 Å². The molecule has 0 spiro atoms. The number of hydrogen-bond acceptors (Lipinski definition) is 3. The number of nitrogens with zero attached hydrogens (tertiary/aromatic N) is 2. The van der Waals surface area contributed by atoms with Gasteiger partial charge in [-0.2, -0.15) is 0 Å². The highest BCUT2D eigenvalue weighted by Gasteiger charge is 2.30. The topological polar surface area (TPSA) is 18.5 Å². The summed E-state index contributed by atoms with van der Waals surface area (Å²) in [6, 6.07) is 0.715. The van der Waals surface area contributed by atoms with Crippen molar-refractivity contribution in [1.29, 1.82) is 0 Å². The summed E-state index contributed by atoms with van der Waals surface area (Å²) in [7, 11) is 6.52. The molecule has 15 heavy (non-hydrogen) atoms. The summed E-state index contributed by atoms with van der Waals surface area (Å²) in [4.78, 5) is 4.99. The van der Waals surface area contributed by atoms with Crippen LogP contribution in [-0.4, -0.2) is 62.2 Å². The Morgan fingerprint density at radius 1 is 1.47 bits per heavy atom. The first kappa shape index (κ1) is 12.9. The Hall–Kier alpha value is -0.120. The SMILES string of the molecule is CNCC(C)(C)N(C)C1CCCN(C)C1. The first-order valence-corrected chi connectivity index (χ1v) is 6.03. The van der Waals surface area contributed by atoms with Gasteiger partial charge in [0, 0.05) is 24.7 Å². The van der Waals surface area contributed by atoms with E-state index in [9.17, 15) is 0 Å². The fraction of sp³-hybridized carbons (Fsp3) is 1.00. The number of hydrogen-bond donors (Lipinski definition) is 1. The molecule has 0 aromatic heterocycles. The van der Waals surface area contributed by atoms with E-state index in [1.165, 1.54) is 25.9 Å². The molecule has 1 unspecified atom stereocenters. The van der Waals surface area contributed by atoms with Crippen molar-refractivity contribution in [3.8, 4) is 0 Å². The monoisotopic (exact) mass is 213 g/mol. The average molecular weight is 213 g/mol. The van der Waals surface area contributed by atoms with Gasteiger partial charge in [-0.1, -0.05) is 0 Å². The summed E-state index contributed by atoms with van der Waals surface area (Å²) in [5.74, 6) is 0. The molecule has 1 N–H and O–H groups in total. The molecule has 0 amide bonds. The van der Waals surface area contributed by atoms with Crippen molar-refractivity contribution in [2.75, 3.05) is 40.8 Å². The minimum Gasteiger partial charge on any atom is -0.318 e. The van der Waals surface area contributed by atoms with E-state index in [1.54, 1.807) is 0 Å². The lowest BCUT2D eigenvalue weighted by molar-refractivity contribution is 0.0554. The van der Waals surface area contributed by atoms with Crippen LogP contribution >= 0.6 is 0 Å². The summed E-state index contributed by atoms with van der Waals surface area (Å²) >= 11 is 0. The van der Waals surface area contributed by atoms with Crippen molar-refractivity contribution >= 4 is 0 Å². The minimum absolute atomic E-state index is 0.248. The van der Waals surface area contributed by atoms with Crippen LogP contribution in [0.3, 0.4) is 0 Å². The van der Waals surface area contributed by atoms with Gasteiger partial charge in [0.05, 0.1) is 0 Å². The molecule has 0 radical (unpaired) electrons. The highest BCUT2D eigenvalue weighted by atomic mass is 15.3. The lowest BCUT2D eigenvalue weighted by Gasteiger charge is -2.44. The van der Waals surface area contributed by atoms with Gasteiger partial charge in [0.15, 0.2) is 0 Å². The maximum absolute atomic E-state index is 3.28. The third kappa shape index (κ3) is 3.44. The molecule has 3 nitrogen and oxygen atoms in total. The van der Waals surface area contributed by atoms with E-state index in [1.807, 2.05) is 7.05 Å². The molecule has 0 aromatic rings. The molecule has 1 heterocycles. The molecule has 0 saturated carbocycles. The summed E-state index contributed by atoms with van der Waals surface area (Å²) in [5.41, 5.74) is 0.248. The van der Waals surface area contributed by atoms with Crippen LogP contribution in [0.25, 0.3) is 0 Å². The number of likely N-dealkylation sites (tertiary alicyclic amines) is 1. The van der Waals surface area contributed by atoms with Crippen molar-refractivity contribution in [3.63, 3.8) is 0 Å². The van der Waals surface area contributed by atoms with Crippen LogP contribution in [0.5, 0.6) is 0 Å². The molecule has 1 rings (SSSR count). The highest BCUT2D eigenvalue weighted by Crippen LogP contribution is 2.21. The van der Waals surface area contributed by atoms with Gasteiger partial charge < -0.3 is 10.2 Å². The molecule has 0 aliphatic carbocycles. The lowest BCUT2D eigenvalue weighted by atomic mass is 9.96. The molecule has 0 aromatic carbocycles. The zero-order valence-corrected chi connectivity index (χ0v) is 11.0. The lowest BCUT2D eigenvalue weighted by Crippen LogP contribution is -2.56. The van der Waals surface area contributed by atoms with Gasteiger partial charge in [-0.05, 0) is 54.4 Å². The second-order valence-electron chi connectivity index (χ2n) is 5.51. The first-order chi connectivity index (χ1) is 6.97. The molecule has 90 valence electrons. The molecular formula is C12H27N3. The van der Waals surface area contributed by atoms with Gasteiger partial charge >= 0.3 is 0 Å². The average Bonchev–Trinajstić information content (AvgIpc) is 2.16. The van der Waals surface area contributed by atoms with Crippen LogP contribution in [-0.2, 0) is 0 Å². The van der Waals surface area contributed by atoms with Crippen molar-refractivity contribution in [3.05, 3.63) is 0 Å².